The molecule has 188 valence electrons. The summed E-state index contributed by atoms with van der Waals surface area (Å²) in [5.74, 6) is 0.922. The summed E-state index contributed by atoms with van der Waals surface area (Å²) in [6.45, 7) is 6.75. The molecule has 35 heavy (non-hydrogen) atoms. The van der Waals surface area contributed by atoms with Gasteiger partial charge in [0, 0.05) is 29.4 Å². The van der Waals surface area contributed by atoms with Gasteiger partial charge in [-0.2, -0.15) is 0 Å². The van der Waals surface area contributed by atoms with Crippen LogP contribution in [0.4, 0.5) is 0 Å². The van der Waals surface area contributed by atoms with E-state index >= 15 is 0 Å². The maximum absolute atomic E-state index is 11.7. The van der Waals surface area contributed by atoms with Crippen molar-refractivity contribution in [1.82, 2.24) is 15.2 Å². The first-order valence-corrected chi connectivity index (χ1v) is 13.1. The molecule has 1 amide bonds. The zero-order valence-electron chi connectivity index (χ0n) is 21.4. The smallest absolute Gasteiger partial charge is 0.233 e. The van der Waals surface area contributed by atoms with E-state index in [0.29, 0.717) is 24.1 Å². The lowest BCUT2D eigenvalue weighted by Crippen LogP contribution is -2.40. The summed E-state index contributed by atoms with van der Waals surface area (Å²) < 4.78 is 0. The average Bonchev–Trinajstić information content (AvgIpc) is 3.27. The minimum Gasteiger partial charge on any atom is -0.392 e. The number of aliphatic hydroxyl groups excluding tert-OH is 1. The Balaban J connectivity index is 1.66. The Labute approximate surface area is 209 Å². The van der Waals surface area contributed by atoms with Crippen molar-refractivity contribution in [3.63, 3.8) is 0 Å². The second kappa shape index (κ2) is 11.4. The van der Waals surface area contributed by atoms with Crippen LogP contribution in [-0.2, 0) is 4.79 Å². The fourth-order valence-electron chi connectivity index (χ4n) is 5.53. The Bertz CT molecular complexity index is 1130. The first kappa shape index (κ1) is 25.4. The number of carbonyl (C=O) groups is 1. The van der Waals surface area contributed by atoms with E-state index in [1.807, 2.05) is 6.08 Å². The van der Waals surface area contributed by atoms with Gasteiger partial charge < -0.3 is 20.8 Å². The van der Waals surface area contributed by atoms with Crippen LogP contribution >= 0.6 is 0 Å². The number of aliphatic hydroxyl groups is 1. The first-order chi connectivity index (χ1) is 16.9. The van der Waals surface area contributed by atoms with E-state index in [1.54, 1.807) is 7.05 Å². The molecule has 6 nitrogen and oxygen atoms in total. The summed E-state index contributed by atoms with van der Waals surface area (Å²) in [5.41, 5.74) is 7.30. The van der Waals surface area contributed by atoms with Crippen molar-refractivity contribution in [1.29, 1.82) is 5.41 Å². The molecule has 0 radical (unpaired) electrons. The molecule has 1 fully saturated rings. The number of carbonyl (C=O) groups excluding carboxylic acids is 1. The van der Waals surface area contributed by atoms with Gasteiger partial charge in [0.05, 0.1) is 13.2 Å². The first-order valence-electron chi connectivity index (χ1n) is 13.1. The lowest BCUT2D eigenvalue weighted by molar-refractivity contribution is -0.122. The van der Waals surface area contributed by atoms with Crippen LogP contribution in [0.5, 0.6) is 0 Å². The lowest BCUT2D eigenvalue weighted by Gasteiger charge is -2.31. The third kappa shape index (κ3) is 5.76. The number of hydrogen-bond donors (Lipinski definition) is 4. The van der Waals surface area contributed by atoms with Crippen LogP contribution < -0.4 is 5.32 Å². The standard InChI is InChI=1S/C29H40N4O2/c1-19(2)28-24-16-21(20-11-13-33(14-12-20)17-27(35)31-3)9-10-26(24)32-29(28)22-7-5-4-6-8-25(30)23(15-22)18-34/h7,9-10,15-16,19-20,30,32,34H,4-6,8,11-14,17-18H2,1-3H3,(H,31,35)/b22-7+,23-15-,30-25?. The van der Waals surface area contributed by atoms with Crippen LogP contribution in [0.1, 0.15) is 81.0 Å². The summed E-state index contributed by atoms with van der Waals surface area (Å²) in [6, 6.07) is 6.84. The van der Waals surface area contributed by atoms with Crippen molar-refractivity contribution < 1.29 is 9.90 Å². The molecule has 1 aromatic carbocycles. The van der Waals surface area contributed by atoms with Crippen molar-refractivity contribution in [3.05, 3.63) is 52.7 Å². The van der Waals surface area contributed by atoms with Crippen LogP contribution in [0.25, 0.3) is 16.5 Å². The van der Waals surface area contributed by atoms with Gasteiger partial charge in [-0.1, -0.05) is 26.0 Å². The van der Waals surface area contributed by atoms with E-state index in [2.05, 4.69) is 53.3 Å². The molecular weight excluding hydrogens is 436 g/mol. The van der Waals surface area contributed by atoms with Crippen LogP contribution in [0.15, 0.2) is 35.9 Å². The molecule has 1 saturated heterocycles. The number of rotatable bonds is 6. The number of H-pyrrole nitrogens is 1. The molecule has 2 aliphatic rings. The highest BCUT2D eigenvalue weighted by Crippen LogP contribution is 2.37. The van der Waals surface area contributed by atoms with Crippen molar-refractivity contribution in [2.75, 3.05) is 33.3 Å². The molecule has 1 aromatic heterocycles. The summed E-state index contributed by atoms with van der Waals surface area (Å²) >= 11 is 0. The second-order valence-corrected chi connectivity index (χ2v) is 10.3. The normalized spacial score (nSPS) is 21.7. The van der Waals surface area contributed by atoms with Gasteiger partial charge in [-0.3, -0.25) is 9.69 Å². The molecule has 0 bridgehead atoms. The Morgan fingerprint density at radius 2 is 2.03 bits per heavy atom. The highest BCUT2D eigenvalue weighted by atomic mass is 16.3. The molecule has 4 N–H and O–H groups in total. The van der Waals surface area contributed by atoms with E-state index in [1.165, 1.54) is 16.5 Å². The van der Waals surface area contributed by atoms with E-state index in [0.717, 1.165) is 74.0 Å². The molecule has 1 aliphatic carbocycles. The highest BCUT2D eigenvalue weighted by molar-refractivity contribution is 6.01. The van der Waals surface area contributed by atoms with Crippen molar-refractivity contribution in [2.45, 2.75) is 64.2 Å². The lowest BCUT2D eigenvalue weighted by atomic mass is 9.87. The number of piperidine rings is 1. The summed E-state index contributed by atoms with van der Waals surface area (Å²) in [5, 5.41) is 22.3. The summed E-state index contributed by atoms with van der Waals surface area (Å²) in [4.78, 5) is 17.7. The topological polar surface area (TPSA) is 92.2 Å². The molecular formula is C29H40N4O2. The van der Waals surface area contributed by atoms with Gasteiger partial charge in [0.1, 0.15) is 0 Å². The molecule has 4 rings (SSSR count). The Morgan fingerprint density at radius 3 is 2.71 bits per heavy atom. The van der Waals surface area contributed by atoms with Crippen LogP contribution in [-0.4, -0.2) is 59.9 Å². The Morgan fingerprint density at radius 1 is 1.26 bits per heavy atom. The van der Waals surface area contributed by atoms with Crippen LogP contribution in [0.2, 0.25) is 0 Å². The van der Waals surface area contributed by atoms with Gasteiger partial charge in [0.2, 0.25) is 5.91 Å². The number of likely N-dealkylation sites (N-methyl/N-ethyl adjacent to an activating group) is 1. The molecule has 0 unspecified atom stereocenters. The predicted octanol–water partition coefficient (Wildman–Crippen LogP) is 5.11. The van der Waals surface area contributed by atoms with E-state index in [4.69, 9.17) is 5.41 Å². The highest BCUT2D eigenvalue weighted by Gasteiger charge is 2.24. The summed E-state index contributed by atoms with van der Waals surface area (Å²) in [6.07, 6.45) is 10.2. The number of hydrogen-bond acceptors (Lipinski definition) is 4. The molecule has 2 aromatic rings. The average molecular weight is 477 g/mol. The molecule has 2 heterocycles. The predicted molar refractivity (Wildman–Crippen MR) is 144 cm³/mol. The molecule has 0 atom stereocenters. The van der Waals surface area contributed by atoms with E-state index in [9.17, 15) is 9.90 Å². The second-order valence-electron chi connectivity index (χ2n) is 10.3. The number of fused-ring (bicyclic) bond motifs is 1. The maximum Gasteiger partial charge on any atom is 0.233 e. The number of nitrogens with zero attached hydrogens (tertiary/aromatic N) is 1. The minimum absolute atomic E-state index is 0.0825. The Hall–Kier alpha value is -2.70. The number of benzene rings is 1. The zero-order valence-corrected chi connectivity index (χ0v) is 21.4. The van der Waals surface area contributed by atoms with Crippen molar-refractivity contribution in [2.24, 2.45) is 0 Å². The number of allylic oxidation sites excluding steroid dienone is 3. The van der Waals surface area contributed by atoms with Gasteiger partial charge in [-0.05, 0) is 104 Å². The van der Waals surface area contributed by atoms with Gasteiger partial charge in [-0.15, -0.1) is 0 Å². The van der Waals surface area contributed by atoms with Gasteiger partial charge in [0.25, 0.3) is 0 Å². The van der Waals surface area contributed by atoms with E-state index in [-0.39, 0.29) is 12.5 Å². The number of aromatic amines is 1. The third-order valence-corrected chi connectivity index (χ3v) is 7.57. The molecule has 0 saturated carbocycles. The largest absolute Gasteiger partial charge is 0.392 e. The Kier molecular flexibility index (Phi) is 8.24. The minimum atomic E-state index is -0.101. The number of amides is 1. The van der Waals surface area contributed by atoms with Crippen LogP contribution in [0.3, 0.4) is 0 Å². The SMILES string of the molecule is CNC(=O)CN1CCC(c2ccc3[nH]c(C4=C/CCCCC(=N)/C(CO)=C\4)c(C(C)C)c3c2)CC1. The maximum atomic E-state index is 11.7. The van der Waals surface area contributed by atoms with Gasteiger partial charge in [0.15, 0.2) is 0 Å². The van der Waals surface area contributed by atoms with Crippen molar-refractivity contribution >= 4 is 28.1 Å². The monoisotopic (exact) mass is 476 g/mol. The van der Waals surface area contributed by atoms with E-state index < -0.39 is 0 Å². The summed E-state index contributed by atoms with van der Waals surface area (Å²) in [7, 11) is 1.69. The quantitative estimate of drug-likeness (QED) is 0.467. The molecule has 6 heteroatoms. The number of aromatic nitrogens is 1. The fraction of sp³-hybridized carbons (Fsp3) is 0.517. The zero-order chi connectivity index (χ0) is 24.9. The fourth-order valence-corrected chi connectivity index (χ4v) is 5.53. The van der Waals surface area contributed by atoms with Gasteiger partial charge in [-0.25, -0.2) is 0 Å². The number of nitrogens with one attached hydrogen (secondary N) is 3. The molecule has 0 spiro atoms. The number of likely N-dealkylation sites (tertiary alicyclic amines) is 1. The van der Waals surface area contributed by atoms with Gasteiger partial charge >= 0.3 is 0 Å². The molecule has 1 aliphatic heterocycles. The van der Waals surface area contributed by atoms with Crippen molar-refractivity contribution in [3.8, 4) is 0 Å². The third-order valence-electron chi connectivity index (χ3n) is 7.57. The van der Waals surface area contributed by atoms with Crippen LogP contribution in [0, 0.1) is 5.41 Å².